The van der Waals surface area contributed by atoms with Crippen LogP contribution in [0.5, 0.6) is 0 Å². The molecule has 0 saturated carbocycles. The third-order valence-electron chi connectivity index (χ3n) is 1.00. The van der Waals surface area contributed by atoms with Gasteiger partial charge in [-0.2, -0.15) is 0 Å². The molecule has 0 bridgehead atoms. The number of nitrogens with zero attached hydrogens (tertiary/aromatic N) is 1. The van der Waals surface area contributed by atoms with E-state index in [0.29, 0.717) is 12.1 Å². The Hall–Kier alpha value is -1.38. The average Bonchev–Trinajstić information content (AvgIpc) is 1.88. The lowest BCUT2D eigenvalue weighted by Crippen LogP contribution is -2.07. The Labute approximate surface area is 58.4 Å². The SMILES string of the molecule is C=CCc1[c]ncc(=O)[nH]1. The predicted octanol–water partition coefficient (Wildman–Crippen LogP) is 0.299. The zero-order valence-electron chi connectivity index (χ0n) is 5.42. The van der Waals surface area contributed by atoms with Crippen molar-refractivity contribution in [1.29, 1.82) is 0 Å². The van der Waals surface area contributed by atoms with E-state index in [2.05, 4.69) is 22.7 Å². The van der Waals surface area contributed by atoms with Crippen LogP contribution in [0.25, 0.3) is 0 Å². The summed E-state index contributed by atoms with van der Waals surface area (Å²) >= 11 is 0. The largest absolute Gasteiger partial charge is 0.322 e. The molecule has 1 heterocycles. The van der Waals surface area contributed by atoms with Crippen molar-refractivity contribution in [3.8, 4) is 0 Å². The zero-order valence-corrected chi connectivity index (χ0v) is 5.42. The molecule has 51 valence electrons. The number of hydrogen-bond donors (Lipinski definition) is 1. The van der Waals surface area contributed by atoms with Gasteiger partial charge in [0.05, 0.1) is 6.20 Å². The average molecular weight is 135 g/mol. The molecule has 0 atom stereocenters. The predicted molar refractivity (Wildman–Crippen MR) is 37.6 cm³/mol. The van der Waals surface area contributed by atoms with Gasteiger partial charge in [0.25, 0.3) is 5.56 Å². The normalized spacial score (nSPS) is 9.20. The molecule has 10 heavy (non-hydrogen) atoms. The van der Waals surface area contributed by atoms with Crippen molar-refractivity contribution in [2.24, 2.45) is 0 Å². The fourth-order valence-corrected chi connectivity index (χ4v) is 0.619. The van der Waals surface area contributed by atoms with Gasteiger partial charge in [-0.15, -0.1) is 6.58 Å². The number of rotatable bonds is 2. The highest BCUT2D eigenvalue weighted by Crippen LogP contribution is 1.86. The van der Waals surface area contributed by atoms with Crippen LogP contribution in [0.1, 0.15) is 5.69 Å². The molecule has 1 N–H and O–H groups in total. The van der Waals surface area contributed by atoms with Gasteiger partial charge in [0.1, 0.15) is 6.20 Å². The first-order chi connectivity index (χ1) is 4.83. The molecule has 3 nitrogen and oxygen atoms in total. The number of H-pyrrole nitrogens is 1. The summed E-state index contributed by atoms with van der Waals surface area (Å²) in [7, 11) is 0. The maximum absolute atomic E-state index is 10.6. The smallest absolute Gasteiger partial charge is 0.266 e. The highest BCUT2D eigenvalue weighted by Gasteiger charge is 1.89. The second-order valence-corrected chi connectivity index (χ2v) is 1.83. The second-order valence-electron chi connectivity index (χ2n) is 1.83. The van der Waals surface area contributed by atoms with Crippen molar-refractivity contribution >= 4 is 0 Å². The monoisotopic (exact) mass is 135 g/mol. The van der Waals surface area contributed by atoms with Gasteiger partial charge in [0.15, 0.2) is 0 Å². The molecular weight excluding hydrogens is 128 g/mol. The van der Waals surface area contributed by atoms with Crippen molar-refractivity contribution in [1.82, 2.24) is 9.97 Å². The maximum Gasteiger partial charge on any atom is 0.266 e. The van der Waals surface area contributed by atoms with Crippen LogP contribution in [0, 0.1) is 6.20 Å². The fourth-order valence-electron chi connectivity index (χ4n) is 0.619. The molecule has 1 aromatic heterocycles. The number of aromatic nitrogens is 2. The van der Waals surface area contributed by atoms with Crippen LogP contribution in [0.2, 0.25) is 0 Å². The molecule has 0 aromatic carbocycles. The van der Waals surface area contributed by atoms with Crippen LogP contribution < -0.4 is 5.56 Å². The summed E-state index contributed by atoms with van der Waals surface area (Å²) in [4.78, 5) is 16.7. The molecule has 1 radical (unpaired) electrons. The Morgan fingerprint density at radius 2 is 2.70 bits per heavy atom. The minimum absolute atomic E-state index is 0.199. The molecule has 0 saturated heterocycles. The van der Waals surface area contributed by atoms with Crippen LogP contribution in [0.4, 0.5) is 0 Å². The summed E-state index contributed by atoms with van der Waals surface area (Å²) in [5, 5.41) is 0. The minimum atomic E-state index is -0.199. The topological polar surface area (TPSA) is 45.8 Å². The van der Waals surface area contributed by atoms with Gasteiger partial charge >= 0.3 is 0 Å². The quantitative estimate of drug-likeness (QED) is 0.593. The minimum Gasteiger partial charge on any atom is -0.322 e. The summed E-state index contributed by atoms with van der Waals surface area (Å²) < 4.78 is 0. The molecule has 0 amide bonds. The standard InChI is InChI=1S/C7H7N2O/c1-2-3-6-4-8-5-7(10)9-6/h2,5H,1,3H2,(H,9,10). The molecule has 0 aliphatic rings. The molecule has 1 aromatic rings. The summed E-state index contributed by atoms with van der Waals surface area (Å²) in [6.07, 6.45) is 6.10. The number of allylic oxidation sites excluding steroid dienone is 1. The molecule has 0 aliphatic carbocycles. The number of aromatic amines is 1. The lowest BCUT2D eigenvalue weighted by atomic mass is 10.3. The van der Waals surface area contributed by atoms with E-state index in [1.807, 2.05) is 0 Å². The van der Waals surface area contributed by atoms with Crippen molar-refractivity contribution in [2.45, 2.75) is 6.42 Å². The molecule has 0 fully saturated rings. The lowest BCUT2D eigenvalue weighted by Gasteiger charge is -1.90. The first kappa shape index (κ1) is 6.74. The van der Waals surface area contributed by atoms with Crippen LogP contribution in [0.15, 0.2) is 23.6 Å². The van der Waals surface area contributed by atoms with Crippen molar-refractivity contribution < 1.29 is 0 Å². The molecule has 3 heteroatoms. The van der Waals surface area contributed by atoms with Crippen LogP contribution in [-0.4, -0.2) is 9.97 Å². The highest BCUT2D eigenvalue weighted by atomic mass is 16.1. The lowest BCUT2D eigenvalue weighted by molar-refractivity contribution is 1.01. The van der Waals surface area contributed by atoms with Gasteiger partial charge in [0.2, 0.25) is 0 Å². The first-order valence-corrected chi connectivity index (χ1v) is 2.89. The number of hydrogen-bond acceptors (Lipinski definition) is 2. The van der Waals surface area contributed by atoms with E-state index in [1.165, 1.54) is 6.20 Å². The summed E-state index contributed by atoms with van der Waals surface area (Å²) in [5.41, 5.74) is 0.470. The number of nitrogens with one attached hydrogen (secondary N) is 1. The van der Waals surface area contributed by atoms with Gasteiger partial charge in [-0.25, -0.2) is 4.98 Å². The molecule has 0 spiro atoms. The third-order valence-corrected chi connectivity index (χ3v) is 1.00. The van der Waals surface area contributed by atoms with Crippen LogP contribution in [0.3, 0.4) is 0 Å². The molecule has 0 aliphatic heterocycles. The summed E-state index contributed by atoms with van der Waals surface area (Å²) in [6, 6.07) is 0. The van der Waals surface area contributed by atoms with E-state index in [1.54, 1.807) is 6.08 Å². The molecule has 0 unspecified atom stereocenters. The Kier molecular flexibility index (Phi) is 1.99. The zero-order chi connectivity index (χ0) is 7.40. The summed E-state index contributed by atoms with van der Waals surface area (Å²) in [6.45, 7) is 3.52. The molecular formula is C7H7N2O. The Morgan fingerprint density at radius 3 is 3.30 bits per heavy atom. The van der Waals surface area contributed by atoms with Crippen molar-refractivity contribution in [3.05, 3.63) is 41.1 Å². The Balaban J connectivity index is 2.95. The van der Waals surface area contributed by atoms with Gasteiger partial charge in [-0.3, -0.25) is 4.79 Å². The van der Waals surface area contributed by atoms with Gasteiger partial charge in [-0.05, 0) is 0 Å². The first-order valence-electron chi connectivity index (χ1n) is 2.89. The van der Waals surface area contributed by atoms with E-state index in [9.17, 15) is 4.79 Å². The maximum atomic E-state index is 10.6. The van der Waals surface area contributed by atoms with E-state index < -0.39 is 0 Å². The second kappa shape index (κ2) is 2.96. The van der Waals surface area contributed by atoms with E-state index in [4.69, 9.17) is 0 Å². The van der Waals surface area contributed by atoms with Crippen LogP contribution >= 0.6 is 0 Å². The van der Waals surface area contributed by atoms with E-state index in [0.717, 1.165) is 0 Å². The Bertz CT molecular complexity index is 277. The van der Waals surface area contributed by atoms with Gasteiger partial charge in [0, 0.05) is 12.1 Å². The van der Waals surface area contributed by atoms with Crippen molar-refractivity contribution in [3.63, 3.8) is 0 Å². The van der Waals surface area contributed by atoms with E-state index in [-0.39, 0.29) is 5.56 Å². The highest BCUT2D eigenvalue weighted by molar-refractivity contribution is 4.97. The van der Waals surface area contributed by atoms with Crippen LogP contribution in [-0.2, 0) is 6.42 Å². The van der Waals surface area contributed by atoms with E-state index >= 15 is 0 Å². The van der Waals surface area contributed by atoms with Gasteiger partial charge < -0.3 is 4.98 Å². The molecule has 1 rings (SSSR count). The summed E-state index contributed by atoms with van der Waals surface area (Å²) in [5.74, 6) is 0. The van der Waals surface area contributed by atoms with Crippen molar-refractivity contribution in [2.75, 3.05) is 0 Å². The Morgan fingerprint density at radius 1 is 1.90 bits per heavy atom. The third kappa shape index (κ3) is 1.55. The fraction of sp³-hybridized carbons (Fsp3) is 0.143. The van der Waals surface area contributed by atoms with Gasteiger partial charge in [-0.1, -0.05) is 6.08 Å².